The van der Waals surface area contributed by atoms with Crippen molar-refractivity contribution >= 4 is 11.6 Å². The highest BCUT2D eigenvalue weighted by Crippen LogP contribution is 2.09. The van der Waals surface area contributed by atoms with E-state index in [0.29, 0.717) is 13.1 Å². The van der Waals surface area contributed by atoms with Gasteiger partial charge in [0.15, 0.2) is 0 Å². The standard InChI is InChI=1S/C14H17N3O/c1-11-2-4-13(5-3-11)16-14(18)10-17-7-6-12(8-15)9-17/h2-7,9H,8,10,15H2,1H3,(H,16,18). The van der Waals surface area contributed by atoms with E-state index in [1.807, 2.05) is 54.2 Å². The Morgan fingerprint density at radius 2 is 2.00 bits per heavy atom. The van der Waals surface area contributed by atoms with E-state index < -0.39 is 0 Å². The number of aryl methyl sites for hydroxylation is 1. The van der Waals surface area contributed by atoms with Gasteiger partial charge in [-0.2, -0.15) is 0 Å². The van der Waals surface area contributed by atoms with Gasteiger partial charge in [0.25, 0.3) is 0 Å². The normalized spacial score (nSPS) is 10.3. The molecule has 4 heteroatoms. The molecule has 0 fully saturated rings. The van der Waals surface area contributed by atoms with Crippen LogP contribution >= 0.6 is 0 Å². The number of anilines is 1. The topological polar surface area (TPSA) is 60.0 Å². The van der Waals surface area contributed by atoms with E-state index in [-0.39, 0.29) is 5.91 Å². The first-order chi connectivity index (χ1) is 8.67. The van der Waals surface area contributed by atoms with Gasteiger partial charge in [0.1, 0.15) is 6.54 Å². The van der Waals surface area contributed by atoms with Crippen molar-refractivity contribution in [2.24, 2.45) is 5.73 Å². The molecular weight excluding hydrogens is 226 g/mol. The summed E-state index contributed by atoms with van der Waals surface area (Å²) in [5.74, 6) is -0.0435. The molecule has 0 atom stereocenters. The molecule has 1 heterocycles. The van der Waals surface area contributed by atoms with Crippen LogP contribution in [-0.2, 0) is 17.9 Å². The van der Waals surface area contributed by atoms with Crippen LogP contribution in [0.2, 0.25) is 0 Å². The van der Waals surface area contributed by atoms with E-state index in [1.54, 1.807) is 0 Å². The van der Waals surface area contributed by atoms with Gasteiger partial charge in [-0.05, 0) is 30.7 Å². The summed E-state index contributed by atoms with van der Waals surface area (Å²) >= 11 is 0. The molecule has 4 nitrogen and oxygen atoms in total. The van der Waals surface area contributed by atoms with E-state index in [9.17, 15) is 4.79 Å². The molecule has 3 N–H and O–H groups in total. The van der Waals surface area contributed by atoms with E-state index >= 15 is 0 Å². The molecule has 0 aliphatic heterocycles. The molecule has 0 saturated heterocycles. The van der Waals surface area contributed by atoms with Gasteiger partial charge >= 0.3 is 0 Å². The Bertz CT molecular complexity index is 528. The zero-order valence-electron chi connectivity index (χ0n) is 10.4. The maximum Gasteiger partial charge on any atom is 0.244 e. The molecule has 0 radical (unpaired) electrons. The lowest BCUT2D eigenvalue weighted by Crippen LogP contribution is -2.17. The second-order valence-corrected chi connectivity index (χ2v) is 4.31. The smallest absolute Gasteiger partial charge is 0.244 e. The number of nitrogens with zero attached hydrogens (tertiary/aromatic N) is 1. The molecule has 2 aromatic rings. The molecule has 18 heavy (non-hydrogen) atoms. The summed E-state index contributed by atoms with van der Waals surface area (Å²) in [6.45, 7) is 2.81. The lowest BCUT2D eigenvalue weighted by atomic mass is 10.2. The molecule has 0 aliphatic carbocycles. The average Bonchev–Trinajstić information content (AvgIpc) is 2.79. The predicted molar refractivity (Wildman–Crippen MR) is 72.1 cm³/mol. The van der Waals surface area contributed by atoms with E-state index in [0.717, 1.165) is 11.3 Å². The van der Waals surface area contributed by atoms with Crippen LogP contribution in [0.3, 0.4) is 0 Å². The number of aromatic nitrogens is 1. The first kappa shape index (κ1) is 12.4. The Balaban J connectivity index is 1.94. The number of carbonyl (C=O) groups is 1. The van der Waals surface area contributed by atoms with Crippen molar-refractivity contribution in [3.63, 3.8) is 0 Å². The molecule has 1 amide bonds. The van der Waals surface area contributed by atoms with Crippen LogP contribution in [0.5, 0.6) is 0 Å². The third kappa shape index (κ3) is 3.21. The zero-order chi connectivity index (χ0) is 13.0. The van der Waals surface area contributed by atoms with Gasteiger partial charge in [0.2, 0.25) is 5.91 Å². The van der Waals surface area contributed by atoms with E-state index in [1.165, 1.54) is 5.56 Å². The fourth-order valence-corrected chi connectivity index (χ4v) is 1.71. The number of hydrogen-bond donors (Lipinski definition) is 2. The minimum absolute atomic E-state index is 0.0435. The lowest BCUT2D eigenvalue weighted by molar-refractivity contribution is -0.116. The highest BCUT2D eigenvalue weighted by Gasteiger charge is 2.03. The van der Waals surface area contributed by atoms with Crippen LogP contribution in [0.1, 0.15) is 11.1 Å². The van der Waals surface area contributed by atoms with Crippen LogP contribution in [0.25, 0.3) is 0 Å². The number of benzene rings is 1. The minimum atomic E-state index is -0.0435. The van der Waals surface area contributed by atoms with E-state index in [2.05, 4.69) is 5.32 Å². The number of amides is 1. The molecule has 0 saturated carbocycles. The lowest BCUT2D eigenvalue weighted by Gasteiger charge is -2.06. The van der Waals surface area contributed by atoms with Gasteiger partial charge in [0, 0.05) is 24.6 Å². The maximum atomic E-state index is 11.8. The number of nitrogens with two attached hydrogens (primary N) is 1. The average molecular weight is 243 g/mol. The number of carbonyl (C=O) groups excluding carboxylic acids is 1. The molecule has 94 valence electrons. The highest BCUT2D eigenvalue weighted by atomic mass is 16.1. The first-order valence-corrected chi connectivity index (χ1v) is 5.88. The highest BCUT2D eigenvalue weighted by molar-refractivity contribution is 5.90. The van der Waals surface area contributed by atoms with E-state index in [4.69, 9.17) is 5.73 Å². The van der Waals surface area contributed by atoms with Gasteiger partial charge in [-0.15, -0.1) is 0 Å². The quantitative estimate of drug-likeness (QED) is 0.861. The van der Waals surface area contributed by atoms with Gasteiger partial charge in [-0.3, -0.25) is 4.79 Å². The Morgan fingerprint density at radius 3 is 2.61 bits per heavy atom. The van der Waals surface area contributed by atoms with Crippen molar-refractivity contribution in [1.82, 2.24) is 4.57 Å². The minimum Gasteiger partial charge on any atom is -0.345 e. The van der Waals surface area contributed by atoms with Crippen LogP contribution in [-0.4, -0.2) is 10.5 Å². The maximum absolute atomic E-state index is 11.8. The second kappa shape index (κ2) is 5.51. The van der Waals surface area contributed by atoms with Gasteiger partial charge in [-0.1, -0.05) is 17.7 Å². The Labute approximate surface area is 106 Å². The van der Waals surface area contributed by atoms with Crippen LogP contribution < -0.4 is 11.1 Å². The third-order valence-electron chi connectivity index (χ3n) is 2.71. The Kier molecular flexibility index (Phi) is 3.79. The molecule has 2 rings (SSSR count). The summed E-state index contributed by atoms with van der Waals surface area (Å²) in [5.41, 5.74) is 8.53. The van der Waals surface area contributed by atoms with Gasteiger partial charge in [-0.25, -0.2) is 0 Å². The zero-order valence-corrected chi connectivity index (χ0v) is 10.4. The van der Waals surface area contributed by atoms with Crippen molar-refractivity contribution in [3.05, 3.63) is 53.9 Å². The SMILES string of the molecule is Cc1ccc(NC(=O)Cn2ccc(CN)c2)cc1. The van der Waals surface area contributed by atoms with Gasteiger partial charge in [0.05, 0.1) is 0 Å². The van der Waals surface area contributed by atoms with Crippen molar-refractivity contribution < 1.29 is 4.79 Å². The predicted octanol–water partition coefficient (Wildman–Crippen LogP) is 1.89. The summed E-state index contributed by atoms with van der Waals surface area (Å²) in [7, 11) is 0. The fraction of sp³-hybridized carbons (Fsp3) is 0.214. The number of rotatable bonds is 4. The summed E-state index contributed by atoms with van der Waals surface area (Å²) in [6.07, 6.45) is 3.74. The van der Waals surface area contributed by atoms with Crippen LogP contribution in [0.15, 0.2) is 42.7 Å². The molecule has 0 unspecified atom stereocenters. The molecule has 0 spiro atoms. The number of nitrogens with one attached hydrogen (secondary N) is 1. The summed E-state index contributed by atoms with van der Waals surface area (Å²) in [4.78, 5) is 11.8. The summed E-state index contributed by atoms with van der Waals surface area (Å²) < 4.78 is 1.83. The molecule has 0 aliphatic rings. The molecule has 1 aromatic heterocycles. The molecular formula is C14H17N3O. The van der Waals surface area contributed by atoms with Crippen molar-refractivity contribution in [3.8, 4) is 0 Å². The van der Waals surface area contributed by atoms with Crippen LogP contribution in [0, 0.1) is 6.92 Å². The van der Waals surface area contributed by atoms with Gasteiger partial charge < -0.3 is 15.6 Å². The largest absolute Gasteiger partial charge is 0.345 e. The fourth-order valence-electron chi connectivity index (χ4n) is 1.71. The van der Waals surface area contributed by atoms with Crippen molar-refractivity contribution in [1.29, 1.82) is 0 Å². The van der Waals surface area contributed by atoms with Crippen LogP contribution in [0.4, 0.5) is 5.69 Å². The third-order valence-corrected chi connectivity index (χ3v) is 2.71. The summed E-state index contributed by atoms with van der Waals surface area (Å²) in [6, 6.07) is 9.65. The Hall–Kier alpha value is -2.07. The Morgan fingerprint density at radius 1 is 1.28 bits per heavy atom. The van der Waals surface area contributed by atoms with Crippen molar-refractivity contribution in [2.45, 2.75) is 20.0 Å². The molecule has 0 bridgehead atoms. The summed E-state index contributed by atoms with van der Waals surface area (Å²) in [5, 5.41) is 2.85. The molecule has 1 aromatic carbocycles. The van der Waals surface area contributed by atoms with Crippen molar-refractivity contribution in [2.75, 3.05) is 5.32 Å². The number of hydrogen-bond acceptors (Lipinski definition) is 2. The monoisotopic (exact) mass is 243 g/mol. The first-order valence-electron chi connectivity index (χ1n) is 5.88. The second-order valence-electron chi connectivity index (χ2n) is 4.31.